The molecule has 0 radical (unpaired) electrons. The molecule has 1 N–H and O–H groups in total. The van der Waals surface area contributed by atoms with Gasteiger partial charge in [-0.3, -0.25) is 14.5 Å². The molecular weight excluding hydrogens is 362 g/mol. The molecule has 3 unspecified atom stereocenters. The van der Waals surface area contributed by atoms with Gasteiger partial charge in [0, 0.05) is 22.9 Å². The van der Waals surface area contributed by atoms with E-state index >= 15 is 0 Å². The molecule has 1 saturated carbocycles. The van der Waals surface area contributed by atoms with Gasteiger partial charge in [-0.1, -0.05) is 31.4 Å². The maximum absolute atomic E-state index is 13.3. The van der Waals surface area contributed by atoms with Crippen LogP contribution in [0.4, 0.5) is 5.69 Å². The minimum Gasteiger partial charge on any atom is -0.351 e. The van der Waals surface area contributed by atoms with E-state index in [2.05, 4.69) is 12.2 Å². The number of aromatic nitrogens is 1. The summed E-state index contributed by atoms with van der Waals surface area (Å²) in [6, 6.07) is 10.4. The maximum Gasteiger partial charge on any atom is 0.249 e. The predicted molar refractivity (Wildman–Crippen MR) is 106 cm³/mol. The SMILES string of the molecule is CC1CCCCC1NC(=O)C1c2cccn2CC(=O)N1c1ccc(Cl)cc1. The Balaban J connectivity index is 1.68. The number of fused-ring (bicyclic) bond motifs is 1. The number of nitrogens with zero attached hydrogens (tertiary/aromatic N) is 2. The number of halogens is 1. The highest BCUT2D eigenvalue weighted by molar-refractivity contribution is 6.30. The first kappa shape index (κ1) is 18.1. The Morgan fingerprint density at radius 1 is 1.15 bits per heavy atom. The number of nitrogens with one attached hydrogen (secondary N) is 1. The molecule has 1 aliphatic heterocycles. The fourth-order valence-corrected chi connectivity index (χ4v) is 4.38. The van der Waals surface area contributed by atoms with Gasteiger partial charge < -0.3 is 9.88 Å². The lowest BCUT2D eigenvalue weighted by molar-refractivity contribution is -0.129. The largest absolute Gasteiger partial charge is 0.351 e. The van der Waals surface area contributed by atoms with Crippen LogP contribution < -0.4 is 10.2 Å². The standard InChI is InChI=1S/C21H24ClN3O2/c1-14-5-2-3-6-17(14)23-21(27)20-18-7-4-12-24(18)13-19(26)25(20)16-10-8-15(22)9-11-16/h4,7-12,14,17,20H,2-3,5-6,13H2,1H3,(H,23,27). The van der Waals surface area contributed by atoms with Crippen molar-refractivity contribution in [2.45, 2.75) is 51.2 Å². The first-order chi connectivity index (χ1) is 13.0. The Kier molecular flexibility index (Phi) is 4.96. The number of rotatable bonds is 3. The highest BCUT2D eigenvalue weighted by Gasteiger charge is 2.39. The number of anilines is 1. The van der Waals surface area contributed by atoms with Gasteiger partial charge in [0.2, 0.25) is 11.8 Å². The highest BCUT2D eigenvalue weighted by atomic mass is 35.5. The summed E-state index contributed by atoms with van der Waals surface area (Å²) in [5, 5.41) is 3.83. The zero-order chi connectivity index (χ0) is 19.0. The molecule has 0 saturated heterocycles. The summed E-state index contributed by atoms with van der Waals surface area (Å²) in [5.41, 5.74) is 1.53. The summed E-state index contributed by atoms with van der Waals surface area (Å²) in [4.78, 5) is 27.8. The van der Waals surface area contributed by atoms with E-state index in [4.69, 9.17) is 11.6 Å². The molecule has 1 aromatic heterocycles. The lowest BCUT2D eigenvalue weighted by Gasteiger charge is -2.38. The molecule has 3 atom stereocenters. The number of benzene rings is 1. The minimum absolute atomic E-state index is 0.0992. The van der Waals surface area contributed by atoms with Gasteiger partial charge >= 0.3 is 0 Å². The van der Waals surface area contributed by atoms with Crippen molar-refractivity contribution in [1.82, 2.24) is 9.88 Å². The van der Waals surface area contributed by atoms with E-state index in [-0.39, 0.29) is 24.4 Å². The molecule has 4 rings (SSSR count). The average molecular weight is 386 g/mol. The molecular formula is C21H24ClN3O2. The van der Waals surface area contributed by atoms with Crippen LogP contribution in [0.15, 0.2) is 42.6 Å². The van der Waals surface area contributed by atoms with Gasteiger partial charge in [0.1, 0.15) is 6.54 Å². The number of hydrogen-bond donors (Lipinski definition) is 1. The Morgan fingerprint density at radius 2 is 1.89 bits per heavy atom. The van der Waals surface area contributed by atoms with Gasteiger partial charge in [0.05, 0.1) is 5.69 Å². The number of carbonyl (C=O) groups is 2. The van der Waals surface area contributed by atoms with Crippen molar-refractivity contribution in [3.8, 4) is 0 Å². The van der Waals surface area contributed by atoms with E-state index in [0.29, 0.717) is 16.6 Å². The minimum atomic E-state index is -0.670. The molecule has 1 aromatic carbocycles. The smallest absolute Gasteiger partial charge is 0.249 e. The van der Waals surface area contributed by atoms with Crippen molar-refractivity contribution in [2.75, 3.05) is 4.90 Å². The number of amides is 2. The van der Waals surface area contributed by atoms with Crippen LogP contribution in [-0.2, 0) is 16.1 Å². The van der Waals surface area contributed by atoms with Gasteiger partial charge in [0.25, 0.3) is 0 Å². The summed E-state index contributed by atoms with van der Waals surface area (Å²) >= 11 is 6.01. The average Bonchev–Trinajstić information content (AvgIpc) is 3.11. The predicted octanol–water partition coefficient (Wildman–Crippen LogP) is 3.92. The monoisotopic (exact) mass is 385 g/mol. The third-order valence-corrected chi connectivity index (χ3v) is 6.02. The van der Waals surface area contributed by atoms with Gasteiger partial charge in [0.15, 0.2) is 6.04 Å². The van der Waals surface area contributed by atoms with E-state index in [1.54, 1.807) is 29.2 Å². The van der Waals surface area contributed by atoms with Crippen LogP contribution in [0, 0.1) is 5.92 Å². The zero-order valence-corrected chi connectivity index (χ0v) is 16.2. The molecule has 1 aliphatic carbocycles. The second-order valence-electron chi connectivity index (χ2n) is 7.58. The van der Waals surface area contributed by atoms with Crippen molar-refractivity contribution >= 4 is 29.1 Å². The Morgan fingerprint density at radius 3 is 2.63 bits per heavy atom. The topological polar surface area (TPSA) is 54.3 Å². The molecule has 0 spiro atoms. The maximum atomic E-state index is 13.3. The summed E-state index contributed by atoms with van der Waals surface area (Å²) in [6.45, 7) is 2.42. The van der Waals surface area contributed by atoms with Crippen LogP contribution in [0.1, 0.15) is 44.3 Å². The normalized spacial score (nSPS) is 25.2. The summed E-state index contributed by atoms with van der Waals surface area (Å²) in [7, 11) is 0. The Labute approximate surface area is 164 Å². The summed E-state index contributed by atoms with van der Waals surface area (Å²) in [6.07, 6.45) is 6.34. The van der Waals surface area contributed by atoms with Crippen LogP contribution >= 0.6 is 11.6 Å². The quantitative estimate of drug-likeness (QED) is 0.870. The molecule has 142 valence electrons. The lowest BCUT2D eigenvalue weighted by Crippen LogP contribution is -2.52. The lowest BCUT2D eigenvalue weighted by atomic mass is 9.85. The van der Waals surface area contributed by atoms with Crippen molar-refractivity contribution in [2.24, 2.45) is 5.92 Å². The van der Waals surface area contributed by atoms with Crippen molar-refractivity contribution in [1.29, 1.82) is 0 Å². The Bertz CT molecular complexity index is 845. The highest BCUT2D eigenvalue weighted by Crippen LogP contribution is 2.33. The number of hydrogen-bond acceptors (Lipinski definition) is 2. The fraction of sp³-hybridized carbons (Fsp3) is 0.429. The molecule has 1 fully saturated rings. The van der Waals surface area contributed by atoms with Crippen molar-refractivity contribution in [3.05, 3.63) is 53.3 Å². The van der Waals surface area contributed by atoms with Crippen molar-refractivity contribution in [3.63, 3.8) is 0 Å². The van der Waals surface area contributed by atoms with E-state index in [1.807, 2.05) is 22.9 Å². The van der Waals surface area contributed by atoms with E-state index in [1.165, 1.54) is 6.42 Å². The molecule has 2 aliphatic rings. The van der Waals surface area contributed by atoms with Gasteiger partial charge in [-0.05, 0) is 55.2 Å². The van der Waals surface area contributed by atoms with Crippen LogP contribution in [0.2, 0.25) is 5.02 Å². The van der Waals surface area contributed by atoms with E-state index in [0.717, 1.165) is 25.0 Å². The molecule has 6 heteroatoms. The first-order valence-corrected chi connectivity index (χ1v) is 9.95. The number of carbonyl (C=O) groups excluding carboxylic acids is 2. The zero-order valence-electron chi connectivity index (χ0n) is 15.4. The molecule has 2 aromatic rings. The van der Waals surface area contributed by atoms with Crippen LogP contribution in [-0.4, -0.2) is 22.4 Å². The molecule has 2 amide bonds. The molecule has 2 heterocycles. The van der Waals surface area contributed by atoms with Crippen molar-refractivity contribution < 1.29 is 9.59 Å². The van der Waals surface area contributed by atoms with Gasteiger partial charge in [-0.2, -0.15) is 0 Å². The second-order valence-corrected chi connectivity index (χ2v) is 8.02. The third kappa shape index (κ3) is 3.48. The molecule has 5 nitrogen and oxygen atoms in total. The molecule has 27 heavy (non-hydrogen) atoms. The summed E-state index contributed by atoms with van der Waals surface area (Å²) < 4.78 is 1.86. The van der Waals surface area contributed by atoms with Crippen LogP contribution in [0.5, 0.6) is 0 Å². The molecule has 0 bridgehead atoms. The first-order valence-electron chi connectivity index (χ1n) is 9.57. The van der Waals surface area contributed by atoms with Crippen LogP contribution in [0.25, 0.3) is 0 Å². The fourth-order valence-electron chi connectivity index (χ4n) is 4.26. The second kappa shape index (κ2) is 7.39. The van der Waals surface area contributed by atoms with E-state index < -0.39 is 6.04 Å². The van der Waals surface area contributed by atoms with Gasteiger partial charge in [-0.15, -0.1) is 0 Å². The van der Waals surface area contributed by atoms with E-state index in [9.17, 15) is 9.59 Å². The third-order valence-electron chi connectivity index (χ3n) is 5.77. The Hall–Kier alpha value is -2.27. The van der Waals surface area contributed by atoms with Gasteiger partial charge in [-0.25, -0.2) is 0 Å². The summed E-state index contributed by atoms with van der Waals surface area (Å²) in [5.74, 6) is 0.243. The van der Waals surface area contributed by atoms with Crippen LogP contribution in [0.3, 0.4) is 0 Å².